The summed E-state index contributed by atoms with van der Waals surface area (Å²) in [6.07, 6.45) is 6.18. The van der Waals surface area contributed by atoms with Crippen molar-refractivity contribution in [1.29, 1.82) is 0 Å². The largest absolute Gasteiger partial charge is 0.349 e. The summed E-state index contributed by atoms with van der Waals surface area (Å²) in [5.74, 6) is -0.397. The van der Waals surface area contributed by atoms with E-state index in [4.69, 9.17) is 0 Å². The Hall–Kier alpha value is -2.43. The molecule has 27 heavy (non-hydrogen) atoms. The molecule has 1 N–H and O–H groups in total. The highest BCUT2D eigenvalue weighted by Crippen LogP contribution is 2.35. The van der Waals surface area contributed by atoms with Gasteiger partial charge in [-0.2, -0.15) is 0 Å². The molecule has 144 valence electrons. The van der Waals surface area contributed by atoms with Crippen LogP contribution in [0.2, 0.25) is 0 Å². The van der Waals surface area contributed by atoms with Crippen molar-refractivity contribution in [3.05, 3.63) is 48.0 Å². The second kappa shape index (κ2) is 8.51. The number of carbonyl (C=O) groups excluding carboxylic acids is 3. The van der Waals surface area contributed by atoms with Crippen molar-refractivity contribution in [2.75, 3.05) is 6.54 Å². The normalized spacial score (nSPS) is 22.9. The topological polar surface area (TPSA) is 66.5 Å². The molecule has 0 radical (unpaired) electrons. The van der Waals surface area contributed by atoms with E-state index in [1.165, 1.54) is 4.90 Å². The van der Waals surface area contributed by atoms with Gasteiger partial charge in [-0.1, -0.05) is 56.3 Å². The highest BCUT2D eigenvalue weighted by atomic mass is 16.2. The summed E-state index contributed by atoms with van der Waals surface area (Å²) in [4.78, 5) is 38.8. The minimum Gasteiger partial charge on any atom is -0.349 e. The fraction of sp³-hybridized carbons (Fsp3) is 0.500. The standard InChI is InChI=1S/C22H28N2O3/c1-15(2)14-19(16-8-4-3-5-9-16)23-20(25)12-13-24-21(26)17-10-6-7-11-18(17)22(24)27/h3-9,15,17-19H,10-14H2,1-2H3,(H,23,25)/t17-,18+,19?. The molecule has 0 bridgehead atoms. The maximum atomic E-state index is 12.5. The molecule has 1 aromatic rings. The molecule has 5 nitrogen and oxygen atoms in total. The van der Waals surface area contributed by atoms with Crippen molar-refractivity contribution in [3.63, 3.8) is 0 Å². The third-order valence-electron chi connectivity index (χ3n) is 5.41. The SMILES string of the molecule is CC(C)CC(NC(=O)CCN1C(=O)[C@H]2CC=CC[C@H]2C1=O)c1ccccc1. The summed E-state index contributed by atoms with van der Waals surface area (Å²) in [6.45, 7) is 4.42. The van der Waals surface area contributed by atoms with E-state index in [1.54, 1.807) is 0 Å². The summed E-state index contributed by atoms with van der Waals surface area (Å²) in [7, 11) is 0. The van der Waals surface area contributed by atoms with Crippen LogP contribution in [0.1, 0.15) is 51.1 Å². The Bertz CT molecular complexity index is 700. The number of likely N-dealkylation sites (tertiary alicyclic amines) is 1. The molecule has 1 fully saturated rings. The van der Waals surface area contributed by atoms with Gasteiger partial charge in [-0.3, -0.25) is 19.3 Å². The number of allylic oxidation sites excluding steroid dienone is 2. The van der Waals surface area contributed by atoms with Crippen LogP contribution < -0.4 is 5.32 Å². The lowest BCUT2D eigenvalue weighted by molar-refractivity contribution is -0.140. The minimum atomic E-state index is -0.233. The van der Waals surface area contributed by atoms with Gasteiger partial charge in [-0.15, -0.1) is 0 Å². The molecule has 0 aromatic heterocycles. The Morgan fingerprint density at radius 3 is 2.22 bits per heavy atom. The molecule has 5 heteroatoms. The average Bonchev–Trinajstić information content (AvgIpc) is 2.91. The van der Waals surface area contributed by atoms with Crippen molar-refractivity contribution < 1.29 is 14.4 Å². The molecular formula is C22H28N2O3. The number of fused-ring (bicyclic) bond motifs is 1. The Morgan fingerprint density at radius 1 is 1.07 bits per heavy atom. The van der Waals surface area contributed by atoms with Gasteiger partial charge in [0, 0.05) is 13.0 Å². The molecule has 1 heterocycles. The number of hydrogen-bond donors (Lipinski definition) is 1. The quantitative estimate of drug-likeness (QED) is 0.593. The van der Waals surface area contributed by atoms with E-state index < -0.39 is 0 Å². The van der Waals surface area contributed by atoms with Crippen LogP contribution in [0.4, 0.5) is 0 Å². The molecule has 1 aliphatic heterocycles. The van der Waals surface area contributed by atoms with Crippen LogP contribution in [0.25, 0.3) is 0 Å². The van der Waals surface area contributed by atoms with Crippen LogP contribution >= 0.6 is 0 Å². The molecule has 3 rings (SSSR count). The van der Waals surface area contributed by atoms with E-state index >= 15 is 0 Å². The first-order chi connectivity index (χ1) is 13.0. The summed E-state index contributed by atoms with van der Waals surface area (Å²) in [5.41, 5.74) is 1.07. The van der Waals surface area contributed by atoms with Gasteiger partial charge < -0.3 is 5.32 Å². The first-order valence-corrected chi connectivity index (χ1v) is 9.82. The number of benzene rings is 1. The number of imide groups is 1. The van der Waals surface area contributed by atoms with Crippen LogP contribution in [0.5, 0.6) is 0 Å². The lowest BCUT2D eigenvalue weighted by Crippen LogP contribution is -2.36. The number of rotatable bonds is 7. The molecule has 1 aromatic carbocycles. The Morgan fingerprint density at radius 2 is 1.67 bits per heavy atom. The highest BCUT2D eigenvalue weighted by Gasteiger charge is 2.46. The van der Waals surface area contributed by atoms with Crippen molar-refractivity contribution in [1.82, 2.24) is 10.2 Å². The second-order valence-corrected chi connectivity index (χ2v) is 7.89. The molecular weight excluding hydrogens is 340 g/mol. The number of nitrogens with one attached hydrogen (secondary N) is 1. The van der Waals surface area contributed by atoms with Crippen LogP contribution in [0.3, 0.4) is 0 Å². The van der Waals surface area contributed by atoms with Crippen molar-refractivity contribution in [3.8, 4) is 0 Å². The fourth-order valence-corrected chi connectivity index (χ4v) is 4.00. The molecule has 3 amide bonds. The van der Waals surface area contributed by atoms with Gasteiger partial charge in [0.05, 0.1) is 17.9 Å². The Kier molecular flexibility index (Phi) is 6.09. The second-order valence-electron chi connectivity index (χ2n) is 7.89. The number of amides is 3. The van der Waals surface area contributed by atoms with Gasteiger partial charge in [0.1, 0.15) is 0 Å². The van der Waals surface area contributed by atoms with Gasteiger partial charge in [0.25, 0.3) is 0 Å². The maximum Gasteiger partial charge on any atom is 0.233 e. The zero-order valence-corrected chi connectivity index (χ0v) is 16.1. The minimum absolute atomic E-state index is 0.0598. The number of carbonyl (C=O) groups is 3. The van der Waals surface area contributed by atoms with Crippen molar-refractivity contribution in [2.24, 2.45) is 17.8 Å². The first kappa shape index (κ1) is 19.3. The molecule has 0 saturated carbocycles. The zero-order chi connectivity index (χ0) is 19.4. The molecule has 0 spiro atoms. The summed E-state index contributed by atoms with van der Waals surface area (Å²) in [5, 5.41) is 3.08. The molecule has 1 aliphatic carbocycles. The van der Waals surface area contributed by atoms with Crippen LogP contribution in [-0.2, 0) is 14.4 Å². The fourth-order valence-electron chi connectivity index (χ4n) is 4.00. The van der Waals surface area contributed by atoms with E-state index in [-0.39, 0.29) is 48.6 Å². The van der Waals surface area contributed by atoms with Gasteiger partial charge in [-0.25, -0.2) is 0 Å². The number of nitrogens with zero attached hydrogens (tertiary/aromatic N) is 1. The average molecular weight is 368 g/mol. The monoisotopic (exact) mass is 368 g/mol. The van der Waals surface area contributed by atoms with Gasteiger partial charge in [-0.05, 0) is 30.7 Å². The summed E-state index contributed by atoms with van der Waals surface area (Å²) >= 11 is 0. The van der Waals surface area contributed by atoms with Crippen molar-refractivity contribution >= 4 is 17.7 Å². The van der Waals surface area contributed by atoms with Gasteiger partial charge in [0.2, 0.25) is 17.7 Å². The first-order valence-electron chi connectivity index (χ1n) is 9.82. The predicted molar refractivity (Wildman–Crippen MR) is 103 cm³/mol. The third-order valence-corrected chi connectivity index (χ3v) is 5.41. The van der Waals surface area contributed by atoms with Crippen LogP contribution in [-0.4, -0.2) is 29.2 Å². The van der Waals surface area contributed by atoms with Crippen LogP contribution in [0.15, 0.2) is 42.5 Å². The molecule has 2 aliphatic rings. The molecule has 3 atom stereocenters. The predicted octanol–water partition coefficient (Wildman–Crippen LogP) is 3.23. The third kappa shape index (κ3) is 4.46. The molecule has 1 unspecified atom stereocenters. The van der Waals surface area contributed by atoms with Crippen LogP contribution in [0, 0.1) is 17.8 Å². The smallest absolute Gasteiger partial charge is 0.233 e. The van der Waals surface area contributed by atoms with E-state index in [0.717, 1.165) is 12.0 Å². The van der Waals surface area contributed by atoms with Gasteiger partial charge >= 0.3 is 0 Å². The summed E-state index contributed by atoms with van der Waals surface area (Å²) in [6, 6.07) is 9.85. The zero-order valence-electron chi connectivity index (χ0n) is 16.1. The maximum absolute atomic E-state index is 12.5. The Labute approximate surface area is 160 Å². The van der Waals surface area contributed by atoms with E-state index in [9.17, 15) is 14.4 Å². The molecule has 1 saturated heterocycles. The highest BCUT2D eigenvalue weighted by molar-refractivity contribution is 6.05. The lowest BCUT2D eigenvalue weighted by Gasteiger charge is -2.22. The summed E-state index contributed by atoms with van der Waals surface area (Å²) < 4.78 is 0. The van der Waals surface area contributed by atoms with E-state index in [1.807, 2.05) is 42.5 Å². The Balaban J connectivity index is 1.58. The number of hydrogen-bond acceptors (Lipinski definition) is 3. The van der Waals surface area contributed by atoms with E-state index in [2.05, 4.69) is 19.2 Å². The van der Waals surface area contributed by atoms with Gasteiger partial charge in [0.15, 0.2) is 0 Å². The van der Waals surface area contributed by atoms with Crippen molar-refractivity contribution in [2.45, 2.75) is 45.6 Å². The van der Waals surface area contributed by atoms with E-state index in [0.29, 0.717) is 18.8 Å². The lowest BCUT2D eigenvalue weighted by atomic mass is 9.85.